The molecule has 2 saturated heterocycles. The summed E-state index contributed by atoms with van der Waals surface area (Å²) < 4.78 is 0.836. The minimum absolute atomic E-state index is 0.0878. The zero-order valence-corrected chi connectivity index (χ0v) is 17.0. The maximum atomic E-state index is 12.7. The topological polar surface area (TPSA) is 69.7 Å². The Morgan fingerprint density at radius 3 is 2.48 bits per heavy atom. The van der Waals surface area contributed by atoms with Crippen LogP contribution in [0.3, 0.4) is 0 Å². The second-order valence-corrected chi connectivity index (χ2v) is 7.97. The molecule has 0 aromatic heterocycles. The van der Waals surface area contributed by atoms with Crippen LogP contribution in [-0.2, 0) is 14.4 Å². The quantitative estimate of drug-likeness (QED) is 0.722. The average Bonchev–Trinajstić information content (AvgIpc) is 2.86. The van der Waals surface area contributed by atoms with Gasteiger partial charge in [-0.1, -0.05) is 25.0 Å². The number of nitrogens with zero attached hydrogens (tertiary/aromatic N) is 2. The van der Waals surface area contributed by atoms with E-state index in [2.05, 4.69) is 21.2 Å². The second-order valence-electron chi connectivity index (χ2n) is 7.12. The molecule has 2 heterocycles. The average molecular weight is 436 g/mol. The van der Waals surface area contributed by atoms with Crippen LogP contribution in [0.25, 0.3) is 0 Å². The van der Waals surface area contributed by atoms with Crippen molar-refractivity contribution in [1.82, 2.24) is 10.2 Å². The van der Waals surface area contributed by atoms with E-state index in [-0.39, 0.29) is 24.3 Å². The zero-order valence-electron chi connectivity index (χ0n) is 15.5. The molecule has 1 unspecified atom stereocenters. The van der Waals surface area contributed by atoms with Gasteiger partial charge in [0.25, 0.3) is 0 Å². The van der Waals surface area contributed by atoms with Gasteiger partial charge in [-0.2, -0.15) is 0 Å². The van der Waals surface area contributed by atoms with E-state index in [1.54, 1.807) is 4.90 Å². The molecule has 2 aliphatic rings. The molecule has 1 N–H and O–H groups in total. The Morgan fingerprint density at radius 1 is 1.07 bits per heavy atom. The number of likely N-dealkylation sites (tertiary alicyclic amines) is 1. The highest BCUT2D eigenvalue weighted by atomic mass is 79.9. The van der Waals surface area contributed by atoms with Crippen molar-refractivity contribution in [2.24, 2.45) is 5.92 Å². The third-order valence-corrected chi connectivity index (χ3v) is 5.93. The summed E-state index contributed by atoms with van der Waals surface area (Å²) in [7, 11) is 0. The number of nitrogens with one attached hydrogen (secondary N) is 1. The minimum Gasteiger partial charge on any atom is -0.355 e. The van der Waals surface area contributed by atoms with E-state index in [9.17, 15) is 14.4 Å². The first-order chi connectivity index (χ1) is 13.1. The summed E-state index contributed by atoms with van der Waals surface area (Å²) in [5, 5.41) is 2.78. The van der Waals surface area contributed by atoms with Gasteiger partial charge in [0.2, 0.25) is 17.7 Å². The molecule has 2 fully saturated rings. The van der Waals surface area contributed by atoms with Gasteiger partial charge in [-0.25, -0.2) is 0 Å². The molecule has 1 atom stereocenters. The molecule has 3 rings (SSSR count). The van der Waals surface area contributed by atoms with Gasteiger partial charge in [0.15, 0.2) is 0 Å². The van der Waals surface area contributed by atoms with Crippen molar-refractivity contribution >= 4 is 39.3 Å². The van der Waals surface area contributed by atoms with Crippen LogP contribution in [0, 0.1) is 5.92 Å². The van der Waals surface area contributed by atoms with E-state index >= 15 is 0 Å². The Kier molecular flexibility index (Phi) is 6.88. The summed E-state index contributed by atoms with van der Waals surface area (Å²) in [6.07, 6.45) is 5.25. The van der Waals surface area contributed by atoms with Gasteiger partial charge in [-0.3, -0.25) is 14.4 Å². The van der Waals surface area contributed by atoms with E-state index in [4.69, 9.17) is 0 Å². The predicted octanol–water partition coefficient (Wildman–Crippen LogP) is 2.71. The van der Waals surface area contributed by atoms with Gasteiger partial charge in [0, 0.05) is 37.1 Å². The predicted molar refractivity (Wildman–Crippen MR) is 107 cm³/mol. The smallest absolute Gasteiger partial charge is 0.239 e. The molecule has 0 aliphatic carbocycles. The van der Waals surface area contributed by atoms with Crippen LogP contribution in [0.1, 0.15) is 38.5 Å². The summed E-state index contributed by atoms with van der Waals surface area (Å²) in [4.78, 5) is 40.9. The maximum absolute atomic E-state index is 12.7. The SMILES string of the molecule is O=C(NCCC(=O)N1CCCCCC1)C1CCN(c2ccccc2Br)C1=O. The van der Waals surface area contributed by atoms with E-state index in [1.807, 2.05) is 29.2 Å². The van der Waals surface area contributed by atoms with Crippen molar-refractivity contribution in [3.8, 4) is 0 Å². The lowest BCUT2D eigenvalue weighted by Gasteiger charge is -2.20. The van der Waals surface area contributed by atoms with E-state index in [1.165, 1.54) is 12.8 Å². The molecule has 0 spiro atoms. The lowest BCUT2D eigenvalue weighted by Crippen LogP contribution is -2.39. The number of para-hydroxylation sites is 1. The van der Waals surface area contributed by atoms with Gasteiger partial charge in [-0.05, 0) is 47.3 Å². The molecule has 6 nitrogen and oxygen atoms in total. The Morgan fingerprint density at radius 2 is 1.78 bits per heavy atom. The van der Waals surface area contributed by atoms with Gasteiger partial charge in [-0.15, -0.1) is 0 Å². The number of hydrogen-bond acceptors (Lipinski definition) is 3. The fraction of sp³-hybridized carbons (Fsp3) is 0.550. The molecule has 2 aliphatic heterocycles. The molecule has 27 heavy (non-hydrogen) atoms. The van der Waals surface area contributed by atoms with Crippen LogP contribution in [0.2, 0.25) is 0 Å². The van der Waals surface area contributed by atoms with Crippen molar-refractivity contribution in [3.63, 3.8) is 0 Å². The third kappa shape index (κ3) is 4.89. The number of benzene rings is 1. The normalized spacial score (nSPS) is 20.5. The number of anilines is 1. The first kappa shape index (κ1) is 19.9. The largest absolute Gasteiger partial charge is 0.355 e. The molecule has 0 radical (unpaired) electrons. The minimum atomic E-state index is -0.676. The molecular formula is C20H26BrN3O3. The number of carbonyl (C=O) groups excluding carboxylic acids is 3. The Balaban J connectivity index is 1.48. The number of carbonyl (C=O) groups is 3. The first-order valence-electron chi connectivity index (χ1n) is 9.69. The van der Waals surface area contributed by atoms with Crippen molar-refractivity contribution in [2.75, 3.05) is 31.1 Å². The van der Waals surface area contributed by atoms with Crippen molar-refractivity contribution in [3.05, 3.63) is 28.7 Å². The zero-order chi connectivity index (χ0) is 19.2. The first-order valence-corrected chi connectivity index (χ1v) is 10.5. The van der Waals surface area contributed by atoms with Crippen molar-refractivity contribution in [1.29, 1.82) is 0 Å². The number of hydrogen-bond donors (Lipinski definition) is 1. The lowest BCUT2D eigenvalue weighted by atomic mass is 10.1. The molecule has 7 heteroatoms. The monoisotopic (exact) mass is 435 g/mol. The van der Waals surface area contributed by atoms with Gasteiger partial charge >= 0.3 is 0 Å². The Hall–Kier alpha value is -1.89. The lowest BCUT2D eigenvalue weighted by molar-refractivity contribution is -0.132. The molecular weight excluding hydrogens is 410 g/mol. The van der Waals surface area contributed by atoms with Crippen LogP contribution >= 0.6 is 15.9 Å². The highest BCUT2D eigenvalue weighted by Crippen LogP contribution is 2.31. The van der Waals surface area contributed by atoms with Gasteiger partial charge < -0.3 is 15.1 Å². The van der Waals surface area contributed by atoms with Crippen molar-refractivity contribution in [2.45, 2.75) is 38.5 Å². The Labute approximate surface area is 168 Å². The molecule has 3 amide bonds. The summed E-state index contributed by atoms with van der Waals surface area (Å²) >= 11 is 3.46. The third-order valence-electron chi connectivity index (χ3n) is 5.26. The highest BCUT2D eigenvalue weighted by molar-refractivity contribution is 9.10. The van der Waals surface area contributed by atoms with Crippen molar-refractivity contribution < 1.29 is 14.4 Å². The molecule has 1 aromatic carbocycles. The number of rotatable bonds is 5. The second kappa shape index (κ2) is 9.35. The van der Waals surface area contributed by atoms with Gasteiger partial charge in [0.1, 0.15) is 5.92 Å². The van der Waals surface area contributed by atoms with E-state index < -0.39 is 5.92 Å². The fourth-order valence-electron chi connectivity index (χ4n) is 3.73. The molecule has 0 bridgehead atoms. The fourth-order valence-corrected chi connectivity index (χ4v) is 4.23. The highest BCUT2D eigenvalue weighted by Gasteiger charge is 2.38. The summed E-state index contributed by atoms with van der Waals surface area (Å²) in [5.41, 5.74) is 0.786. The van der Waals surface area contributed by atoms with Crippen LogP contribution < -0.4 is 10.2 Å². The summed E-state index contributed by atoms with van der Waals surface area (Å²) in [6.45, 7) is 2.43. The van der Waals surface area contributed by atoms with Crippen LogP contribution in [-0.4, -0.2) is 48.8 Å². The standard InChI is InChI=1S/C20H26BrN3O3/c21-16-7-3-4-8-17(16)24-14-10-15(20(24)27)19(26)22-11-9-18(25)23-12-5-1-2-6-13-23/h3-4,7-8,15H,1-2,5-6,9-14H2,(H,22,26). The number of amides is 3. The molecule has 1 aromatic rings. The number of halogens is 1. The molecule has 146 valence electrons. The molecule has 0 saturated carbocycles. The van der Waals surface area contributed by atoms with Gasteiger partial charge in [0.05, 0.1) is 5.69 Å². The van der Waals surface area contributed by atoms with Crippen LogP contribution in [0.5, 0.6) is 0 Å². The van der Waals surface area contributed by atoms with Crippen LogP contribution in [0.4, 0.5) is 5.69 Å². The van der Waals surface area contributed by atoms with E-state index in [0.717, 1.165) is 36.1 Å². The van der Waals surface area contributed by atoms with E-state index in [0.29, 0.717) is 19.4 Å². The Bertz CT molecular complexity index is 701. The van der Waals surface area contributed by atoms with Crippen LogP contribution in [0.15, 0.2) is 28.7 Å². The summed E-state index contributed by atoms with van der Waals surface area (Å²) in [5.74, 6) is -1.05. The maximum Gasteiger partial charge on any atom is 0.239 e. The summed E-state index contributed by atoms with van der Waals surface area (Å²) in [6, 6.07) is 7.50.